The molecule has 9 nitrogen and oxygen atoms in total. The highest BCUT2D eigenvalue weighted by Crippen LogP contribution is 2.28. The number of carbonyl (C=O) groups excluding carboxylic acids is 1. The Labute approximate surface area is 221 Å². The highest BCUT2D eigenvalue weighted by Gasteiger charge is 2.10. The molecule has 0 unspecified atom stereocenters. The van der Waals surface area contributed by atoms with Gasteiger partial charge in [-0.05, 0) is 41.8 Å². The van der Waals surface area contributed by atoms with Gasteiger partial charge in [-0.3, -0.25) is 4.79 Å². The van der Waals surface area contributed by atoms with Gasteiger partial charge in [0.1, 0.15) is 12.4 Å². The van der Waals surface area contributed by atoms with E-state index in [9.17, 15) is 4.79 Å². The van der Waals surface area contributed by atoms with Crippen molar-refractivity contribution in [2.45, 2.75) is 20.1 Å². The Bertz CT molecular complexity index is 1430. The van der Waals surface area contributed by atoms with Crippen LogP contribution >= 0.6 is 0 Å². The van der Waals surface area contributed by atoms with Crippen molar-refractivity contribution in [3.05, 3.63) is 78.6 Å². The van der Waals surface area contributed by atoms with Crippen LogP contribution in [0.4, 0.5) is 11.6 Å². The Morgan fingerprint density at radius 3 is 2.97 bits per heavy atom. The smallest absolute Gasteiger partial charge is 0.227 e. The first kappa shape index (κ1) is 25.4. The van der Waals surface area contributed by atoms with E-state index in [0.29, 0.717) is 45.4 Å². The van der Waals surface area contributed by atoms with Crippen LogP contribution in [0.15, 0.2) is 73.1 Å². The van der Waals surface area contributed by atoms with Gasteiger partial charge in [0.2, 0.25) is 11.9 Å². The largest absolute Gasteiger partial charge is 0.492 e. The summed E-state index contributed by atoms with van der Waals surface area (Å²) in [7, 11) is 0. The number of aromatic nitrogens is 3. The lowest BCUT2D eigenvalue weighted by molar-refractivity contribution is -0.118. The number of carbonyl (C=O) groups is 1. The highest BCUT2D eigenvalue weighted by molar-refractivity contribution is 5.85. The number of nitrogens with zero attached hydrogens (tertiary/aromatic N) is 3. The van der Waals surface area contributed by atoms with E-state index in [0.717, 1.165) is 40.3 Å². The topological polar surface area (TPSA) is 102 Å². The average molecular weight is 513 g/mol. The number of allylic oxidation sites excluding steroid dienone is 1. The fourth-order valence-corrected chi connectivity index (χ4v) is 4.30. The summed E-state index contributed by atoms with van der Waals surface area (Å²) < 4.78 is 14.2. The van der Waals surface area contributed by atoms with Gasteiger partial charge in [-0.15, -0.1) is 0 Å². The van der Waals surface area contributed by atoms with E-state index < -0.39 is 0 Å². The molecule has 2 aromatic carbocycles. The summed E-state index contributed by atoms with van der Waals surface area (Å²) in [6.07, 6.45) is 8.04. The monoisotopic (exact) mass is 512 g/mol. The molecule has 0 saturated heterocycles. The van der Waals surface area contributed by atoms with Crippen LogP contribution in [0.2, 0.25) is 0 Å². The predicted molar refractivity (Wildman–Crippen MR) is 149 cm³/mol. The first-order valence-electron chi connectivity index (χ1n) is 12.8. The van der Waals surface area contributed by atoms with E-state index in [2.05, 4.69) is 62.0 Å². The van der Waals surface area contributed by atoms with E-state index >= 15 is 0 Å². The van der Waals surface area contributed by atoms with Gasteiger partial charge < -0.3 is 30.0 Å². The molecule has 196 valence electrons. The molecule has 1 amide bonds. The zero-order valence-electron chi connectivity index (χ0n) is 21.4. The van der Waals surface area contributed by atoms with Crippen LogP contribution in [0.1, 0.15) is 12.5 Å². The Kier molecular flexibility index (Phi) is 8.27. The van der Waals surface area contributed by atoms with Gasteiger partial charge in [-0.1, -0.05) is 24.3 Å². The SMILES string of the molecule is CC(=O)NCCNCCOc1ccc2cc1COC/C=C\Cn1ccc3ccc(cc31)-c1ccnc(n1)N2. The maximum atomic E-state index is 11.0. The molecule has 0 spiro atoms. The lowest BCUT2D eigenvalue weighted by atomic mass is 10.1. The lowest BCUT2D eigenvalue weighted by Crippen LogP contribution is -2.32. The van der Waals surface area contributed by atoms with Crippen molar-refractivity contribution in [2.24, 2.45) is 0 Å². The summed E-state index contributed by atoms with van der Waals surface area (Å²) in [5.41, 5.74) is 4.83. The number of rotatable bonds is 7. The van der Waals surface area contributed by atoms with Crippen molar-refractivity contribution in [3.8, 4) is 17.0 Å². The van der Waals surface area contributed by atoms with Gasteiger partial charge in [-0.25, -0.2) is 9.97 Å². The Hall–Kier alpha value is -4.21. The molecular weight excluding hydrogens is 480 g/mol. The van der Waals surface area contributed by atoms with Crippen molar-refractivity contribution >= 4 is 28.4 Å². The third-order valence-electron chi connectivity index (χ3n) is 6.19. The van der Waals surface area contributed by atoms with E-state index in [4.69, 9.17) is 14.5 Å². The van der Waals surface area contributed by atoms with Gasteiger partial charge >= 0.3 is 0 Å². The molecule has 3 N–H and O–H groups in total. The molecule has 6 bridgehead atoms. The van der Waals surface area contributed by atoms with Crippen LogP contribution in [0, 0.1) is 0 Å². The molecule has 1 aliphatic rings. The molecule has 5 rings (SSSR count). The minimum Gasteiger partial charge on any atom is -0.492 e. The molecule has 3 heterocycles. The number of amides is 1. The van der Waals surface area contributed by atoms with Gasteiger partial charge in [0.15, 0.2) is 0 Å². The van der Waals surface area contributed by atoms with Crippen LogP contribution in [-0.2, 0) is 22.7 Å². The van der Waals surface area contributed by atoms with E-state index in [1.807, 2.05) is 30.3 Å². The molecule has 0 atom stereocenters. The molecule has 2 aromatic heterocycles. The number of ether oxygens (including phenoxy) is 2. The molecule has 0 saturated carbocycles. The molecule has 0 fully saturated rings. The number of hydrogen-bond donors (Lipinski definition) is 3. The number of benzene rings is 2. The van der Waals surface area contributed by atoms with Crippen LogP contribution in [-0.4, -0.2) is 53.3 Å². The predicted octanol–water partition coefficient (Wildman–Crippen LogP) is 4.03. The number of fused-ring (bicyclic) bond motifs is 6. The summed E-state index contributed by atoms with van der Waals surface area (Å²) in [4.78, 5) is 20.2. The van der Waals surface area contributed by atoms with Crippen LogP contribution in [0.5, 0.6) is 5.75 Å². The summed E-state index contributed by atoms with van der Waals surface area (Å²) in [6.45, 7) is 5.60. The van der Waals surface area contributed by atoms with E-state index in [-0.39, 0.29) is 5.91 Å². The Balaban J connectivity index is 1.33. The first-order valence-corrected chi connectivity index (χ1v) is 12.8. The second kappa shape index (κ2) is 12.4. The molecule has 0 radical (unpaired) electrons. The summed E-state index contributed by atoms with van der Waals surface area (Å²) in [5, 5.41) is 10.5. The van der Waals surface area contributed by atoms with Gasteiger partial charge in [0.25, 0.3) is 0 Å². The van der Waals surface area contributed by atoms with Gasteiger partial charge in [-0.2, -0.15) is 0 Å². The lowest BCUT2D eigenvalue weighted by Gasteiger charge is -2.14. The second-order valence-electron chi connectivity index (χ2n) is 9.02. The van der Waals surface area contributed by atoms with E-state index in [1.54, 1.807) is 6.20 Å². The molecular formula is C29H32N6O3. The van der Waals surface area contributed by atoms with Crippen molar-refractivity contribution in [3.63, 3.8) is 0 Å². The average Bonchev–Trinajstić information content (AvgIpc) is 3.32. The van der Waals surface area contributed by atoms with Crippen molar-refractivity contribution in [1.82, 2.24) is 25.2 Å². The molecule has 0 aliphatic carbocycles. The van der Waals surface area contributed by atoms with Crippen LogP contribution in [0.25, 0.3) is 22.2 Å². The highest BCUT2D eigenvalue weighted by atomic mass is 16.5. The molecule has 4 aromatic rings. The molecule has 9 heteroatoms. The fourth-order valence-electron chi connectivity index (χ4n) is 4.30. The Morgan fingerprint density at radius 1 is 1.11 bits per heavy atom. The number of hydrogen-bond acceptors (Lipinski definition) is 7. The summed E-state index contributed by atoms with van der Waals surface area (Å²) in [5.74, 6) is 1.26. The third kappa shape index (κ3) is 6.56. The van der Waals surface area contributed by atoms with Crippen molar-refractivity contribution in [1.29, 1.82) is 0 Å². The van der Waals surface area contributed by atoms with Crippen LogP contribution in [0.3, 0.4) is 0 Å². The first-order chi connectivity index (χ1) is 18.7. The minimum atomic E-state index is -0.0304. The maximum absolute atomic E-state index is 11.0. The second-order valence-corrected chi connectivity index (χ2v) is 9.02. The van der Waals surface area contributed by atoms with Gasteiger partial charge in [0, 0.05) is 67.8 Å². The number of anilines is 2. The molecule has 1 aliphatic heterocycles. The van der Waals surface area contributed by atoms with Crippen LogP contribution < -0.4 is 20.7 Å². The zero-order valence-corrected chi connectivity index (χ0v) is 21.4. The summed E-state index contributed by atoms with van der Waals surface area (Å²) in [6, 6.07) is 16.3. The normalized spacial score (nSPS) is 14.0. The molecule has 38 heavy (non-hydrogen) atoms. The quantitative estimate of drug-likeness (QED) is 0.254. The maximum Gasteiger partial charge on any atom is 0.227 e. The zero-order chi connectivity index (χ0) is 26.2. The van der Waals surface area contributed by atoms with Gasteiger partial charge in [0.05, 0.1) is 18.9 Å². The fraction of sp³-hybridized carbons (Fsp3) is 0.276. The Morgan fingerprint density at radius 2 is 2.05 bits per heavy atom. The summed E-state index contributed by atoms with van der Waals surface area (Å²) >= 11 is 0. The third-order valence-corrected chi connectivity index (χ3v) is 6.19. The van der Waals surface area contributed by atoms with Crippen molar-refractivity contribution in [2.75, 3.05) is 38.2 Å². The minimum absolute atomic E-state index is 0.0304. The van der Waals surface area contributed by atoms with E-state index in [1.165, 1.54) is 12.3 Å². The number of nitrogens with one attached hydrogen (secondary N) is 3. The van der Waals surface area contributed by atoms with Crippen molar-refractivity contribution < 1.29 is 14.3 Å². The standard InChI is InChI=1S/C29H32N6O3/c1-21(36)31-12-11-30-13-17-38-28-7-6-25-18-24(28)20-37-16-3-2-14-35-15-9-22-4-5-23(19-27(22)35)26-8-10-32-29(33-25)34-26/h2-10,15,18-19,30H,11-14,16-17,20H2,1H3,(H,31,36)(H,32,33,34)/b3-2-.